The molecule has 1 aliphatic rings. The number of thiophene rings is 1. The molecule has 0 spiro atoms. The summed E-state index contributed by atoms with van der Waals surface area (Å²) in [6.45, 7) is 5.73. The number of hydrogen-bond donors (Lipinski definition) is 1. The predicted octanol–water partition coefficient (Wildman–Crippen LogP) is 3.74. The second-order valence-corrected chi connectivity index (χ2v) is 7.24. The molecule has 1 amide bonds. The Balaban J connectivity index is 1.81. The lowest BCUT2D eigenvalue weighted by Crippen LogP contribution is -2.45. The zero-order valence-electron chi connectivity index (χ0n) is 13.9. The van der Waals surface area contributed by atoms with Gasteiger partial charge in [0, 0.05) is 24.6 Å². The first-order chi connectivity index (χ1) is 12.2. The van der Waals surface area contributed by atoms with Gasteiger partial charge in [-0.3, -0.25) is 4.79 Å². The molecular formula is C17H17F3N2O3S. The Morgan fingerprint density at radius 1 is 1.50 bits per heavy atom. The molecule has 1 aliphatic heterocycles. The molecule has 2 atom stereocenters. The van der Waals surface area contributed by atoms with Crippen molar-refractivity contribution in [3.05, 3.63) is 41.0 Å². The van der Waals surface area contributed by atoms with Crippen LogP contribution in [-0.2, 0) is 6.18 Å². The van der Waals surface area contributed by atoms with Crippen molar-refractivity contribution in [3.63, 3.8) is 0 Å². The molecule has 9 heteroatoms. The van der Waals surface area contributed by atoms with Gasteiger partial charge in [0.1, 0.15) is 5.69 Å². The third-order valence-corrected chi connectivity index (χ3v) is 5.52. The van der Waals surface area contributed by atoms with E-state index in [1.54, 1.807) is 23.1 Å². The number of carbonyl (C=O) groups excluding carboxylic acids is 1. The van der Waals surface area contributed by atoms with E-state index in [2.05, 4.69) is 16.3 Å². The van der Waals surface area contributed by atoms with E-state index in [1.165, 1.54) is 6.92 Å². The van der Waals surface area contributed by atoms with Crippen LogP contribution in [0.3, 0.4) is 0 Å². The van der Waals surface area contributed by atoms with Crippen LogP contribution in [-0.4, -0.2) is 40.3 Å². The Kier molecular flexibility index (Phi) is 4.94. The van der Waals surface area contributed by atoms with Gasteiger partial charge in [-0.25, -0.2) is 0 Å². The van der Waals surface area contributed by atoms with Crippen LogP contribution in [0.15, 0.2) is 29.3 Å². The first kappa shape index (κ1) is 18.7. The molecule has 0 bridgehead atoms. The minimum atomic E-state index is -4.61. The number of aromatic nitrogens is 1. The SMILES string of the molecule is C=C[C@H]1CN(C(=O)c2ccc(-c3noc(C(F)(F)F)c3C)s2)CC[C@@H]1O. The maximum Gasteiger partial charge on any atom is 0.452 e. The molecule has 3 rings (SSSR count). The summed E-state index contributed by atoms with van der Waals surface area (Å²) in [5, 5.41) is 13.4. The number of aliphatic hydroxyl groups is 1. The van der Waals surface area contributed by atoms with Crippen LogP contribution in [0, 0.1) is 12.8 Å². The van der Waals surface area contributed by atoms with Crippen LogP contribution >= 0.6 is 11.3 Å². The molecule has 140 valence electrons. The number of nitrogens with zero attached hydrogens (tertiary/aromatic N) is 2. The van der Waals surface area contributed by atoms with Crippen molar-refractivity contribution in [2.24, 2.45) is 5.92 Å². The molecule has 0 aromatic carbocycles. The maximum atomic E-state index is 12.8. The molecule has 0 saturated carbocycles. The van der Waals surface area contributed by atoms with Gasteiger partial charge >= 0.3 is 6.18 Å². The van der Waals surface area contributed by atoms with Gasteiger partial charge in [0.05, 0.1) is 15.9 Å². The van der Waals surface area contributed by atoms with Crippen molar-refractivity contribution in [1.82, 2.24) is 10.1 Å². The Labute approximate surface area is 151 Å². The van der Waals surface area contributed by atoms with Crippen molar-refractivity contribution >= 4 is 17.2 Å². The number of rotatable bonds is 3. The quantitative estimate of drug-likeness (QED) is 0.816. The Hall–Kier alpha value is -2.13. The van der Waals surface area contributed by atoms with Crippen molar-refractivity contribution in [2.45, 2.75) is 25.6 Å². The number of carbonyl (C=O) groups is 1. The zero-order chi connectivity index (χ0) is 19.1. The fraction of sp³-hybridized carbons (Fsp3) is 0.412. The van der Waals surface area contributed by atoms with Gasteiger partial charge < -0.3 is 14.5 Å². The molecule has 1 fully saturated rings. The summed E-state index contributed by atoms with van der Waals surface area (Å²) < 4.78 is 42.9. The van der Waals surface area contributed by atoms with Gasteiger partial charge in [-0.15, -0.1) is 17.9 Å². The van der Waals surface area contributed by atoms with Gasteiger partial charge in [-0.05, 0) is 25.5 Å². The van der Waals surface area contributed by atoms with Gasteiger partial charge in [0.25, 0.3) is 5.91 Å². The third-order valence-electron chi connectivity index (χ3n) is 4.44. The van der Waals surface area contributed by atoms with E-state index in [1.807, 2.05) is 0 Å². The van der Waals surface area contributed by atoms with Crippen LogP contribution in [0.2, 0.25) is 0 Å². The fourth-order valence-corrected chi connectivity index (χ4v) is 3.96. The molecule has 0 aliphatic carbocycles. The summed E-state index contributed by atoms with van der Waals surface area (Å²) in [7, 11) is 0. The highest BCUT2D eigenvalue weighted by atomic mass is 32.1. The number of piperidine rings is 1. The minimum Gasteiger partial charge on any atom is -0.392 e. The average Bonchev–Trinajstić information content (AvgIpc) is 3.20. The number of aliphatic hydroxyl groups excluding tert-OH is 1. The molecule has 5 nitrogen and oxygen atoms in total. The third kappa shape index (κ3) is 3.41. The summed E-state index contributed by atoms with van der Waals surface area (Å²) in [4.78, 5) is 15.1. The largest absolute Gasteiger partial charge is 0.452 e. The average molecular weight is 386 g/mol. The zero-order valence-corrected chi connectivity index (χ0v) is 14.7. The van der Waals surface area contributed by atoms with E-state index in [9.17, 15) is 23.1 Å². The molecule has 3 heterocycles. The predicted molar refractivity (Wildman–Crippen MR) is 89.8 cm³/mol. The normalized spacial score (nSPS) is 21.0. The van der Waals surface area contributed by atoms with Crippen molar-refractivity contribution < 1.29 is 27.6 Å². The first-order valence-electron chi connectivity index (χ1n) is 7.96. The second-order valence-electron chi connectivity index (χ2n) is 6.15. The van der Waals surface area contributed by atoms with Gasteiger partial charge in [0.15, 0.2) is 0 Å². The Morgan fingerprint density at radius 2 is 2.23 bits per heavy atom. The van der Waals surface area contributed by atoms with E-state index >= 15 is 0 Å². The van der Waals surface area contributed by atoms with Crippen LogP contribution in [0.1, 0.15) is 27.4 Å². The Bertz CT molecular complexity index is 828. The second kappa shape index (κ2) is 6.88. The number of amides is 1. The minimum absolute atomic E-state index is 0.0828. The molecule has 0 radical (unpaired) electrons. The number of halogens is 3. The topological polar surface area (TPSA) is 66.6 Å². The summed E-state index contributed by atoms with van der Waals surface area (Å²) in [5.74, 6) is -1.55. The van der Waals surface area contributed by atoms with Crippen molar-refractivity contribution in [2.75, 3.05) is 13.1 Å². The van der Waals surface area contributed by atoms with E-state index < -0.39 is 18.0 Å². The lowest BCUT2D eigenvalue weighted by atomic mass is 9.95. The lowest BCUT2D eigenvalue weighted by molar-refractivity contribution is -0.156. The van der Waals surface area contributed by atoms with E-state index in [-0.39, 0.29) is 23.1 Å². The van der Waals surface area contributed by atoms with Gasteiger partial charge in [0.2, 0.25) is 5.76 Å². The lowest BCUT2D eigenvalue weighted by Gasteiger charge is -2.34. The van der Waals surface area contributed by atoms with Crippen LogP contribution in [0.5, 0.6) is 0 Å². The van der Waals surface area contributed by atoms with Crippen LogP contribution < -0.4 is 0 Å². The van der Waals surface area contributed by atoms with Crippen molar-refractivity contribution in [1.29, 1.82) is 0 Å². The monoisotopic (exact) mass is 386 g/mol. The van der Waals surface area contributed by atoms with Crippen LogP contribution in [0.4, 0.5) is 13.2 Å². The molecule has 1 saturated heterocycles. The molecule has 0 unspecified atom stereocenters. The highest BCUT2D eigenvalue weighted by molar-refractivity contribution is 7.17. The first-order valence-corrected chi connectivity index (χ1v) is 8.77. The highest BCUT2D eigenvalue weighted by Crippen LogP contribution is 2.38. The summed E-state index contributed by atoms with van der Waals surface area (Å²) in [6.07, 6.45) is -3.05. The standard InChI is InChI=1S/C17H17F3N2O3S/c1-3-10-8-22(7-6-11(10)23)16(24)13-5-4-12(26-13)14-9(2)15(25-21-14)17(18,19)20/h3-5,10-11,23H,1,6-8H2,2H3/t10-,11-/m0/s1. The van der Waals surface area contributed by atoms with Crippen LogP contribution in [0.25, 0.3) is 10.6 Å². The molecule has 1 N–H and O–H groups in total. The smallest absolute Gasteiger partial charge is 0.392 e. The highest BCUT2D eigenvalue weighted by Gasteiger charge is 2.39. The van der Waals surface area contributed by atoms with E-state index in [0.29, 0.717) is 29.3 Å². The van der Waals surface area contributed by atoms with E-state index in [0.717, 1.165) is 11.3 Å². The number of alkyl halides is 3. The maximum absolute atomic E-state index is 12.8. The molecular weight excluding hydrogens is 369 g/mol. The molecule has 2 aromatic heterocycles. The van der Waals surface area contributed by atoms with Gasteiger partial charge in [-0.1, -0.05) is 11.2 Å². The summed E-state index contributed by atoms with van der Waals surface area (Å²) >= 11 is 1.07. The number of hydrogen-bond acceptors (Lipinski definition) is 5. The van der Waals surface area contributed by atoms with Crippen molar-refractivity contribution in [3.8, 4) is 10.6 Å². The summed E-state index contributed by atoms with van der Waals surface area (Å²) in [5.41, 5.74) is -0.0226. The summed E-state index contributed by atoms with van der Waals surface area (Å²) in [6, 6.07) is 3.13. The Morgan fingerprint density at radius 3 is 2.85 bits per heavy atom. The van der Waals surface area contributed by atoms with Gasteiger partial charge in [-0.2, -0.15) is 13.2 Å². The number of likely N-dealkylation sites (tertiary alicyclic amines) is 1. The van der Waals surface area contributed by atoms with E-state index in [4.69, 9.17) is 0 Å². The fourth-order valence-electron chi connectivity index (χ4n) is 2.95. The molecule has 26 heavy (non-hydrogen) atoms. The molecule has 2 aromatic rings.